The Labute approximate surface area is 455 Å². The SMILES string of the molecule is C=CC(=O)OCC(COC(=O)C=C)(COC(=O)C=C)COC(=O)NCC1(C)CC(NC(=O)OCCOC(=O)NCC2(C)CC(NC(=O)OCC(COC(=O)C=C)(COC(=O)C=C)COC(=O)C=C)CC(C)(C)C2)CC(C)(C)C1. The number of alkyl carbamates (subject to hydrolysis) is 4. The predicted molar refractivity (Wildman–Crippen MR) is 279 cm³/mol. The molecular weight excluding hydrogens is 1020 g/mol. The first-order valence-corrected chi connectivity index (χ1v) is 24.9. The third-order valence-corrected chi connectivity index (χ3v) is 12.5. The number of esters is 6. The zero-order valence-corrected chi connectivity index (χ0v) is 45.8. The minimum Gasteiger partial charge on any atom is -0.462 e. The molecule has 24 nitrogen and oxygen atoms in total. The number of carbonyl (C=O) groups is 10. The van der Waals surface area contributed by atoms with Crippen LogP contribution in [0.3, 0.4) is 0 Å². The number of hydrogen-bond donors (Lipinski definition) is 4. The fourth-order valence-electron chi connectivity index (χ4n) is 9.74. The van der Waals surface area contributed by atoms with Crippen LogP contribution in [0, 0.1) is 32.5 Å². The van der Waals surface area contributed by atoms with Crippen LogP contribution in [0.5, 0.6) is 0 Å². The Bertz CT molecular complexity index is 2100. The van der Waals surface area contributed by atoms with Gasteiger partial charge in [-0.05, 0) is 60.2 Å². The maximum Gasteiger partial charge on any atom is 0.407 e. The fourth-order valence-corrected chi connectivity index (χ4v) is 9.74. The van der Waals surface area contributed by atoms with Crippen LogP contribution in [0.1, 0.15) is 80.1 Å². The molecule has 0 radical (unpaired) electrons. The lowest BCUT2D eigenvalue weighted by Crippen LogP contribution is -2.51. The first-order valence-electron chi connectivity index (χ1n) is 24.9. The monoisotopic (exact) mass is 1100 g/mol. The van der Waals surface area contributed by atoms with E-state index in [9.17, 15) is 47.9 Å². The van der Waals surface area contributed by atoms with Gasteiger partial charge in [-0.2, -0.15) is 0 Å². The molecule has 0 aromatic carbocycles. The number of ether oxygens (including phenoxy) is 10. The molecule has 0 aliphatic heterocycles. The van der Waals surface area contributed by atoms with E-state index in [1.54, 1.807) is 0 Å². The molecule has 434 valence electrons. The third-order valence-electron chi connectivity index (χ3n) is 12.5. The smallest absolute Gasteiger partial charge is 0.407 e. The van der Waals surface area contributed by atoms with Crippen molar-refractivity contribution in [2.75, 3.05) is 79.2 Å². The van der Waals surface area contributed by atoms with E-state index in [0.717, 1.165) is 36.5 Å². The van der Waals surface area contributed by atoms with E-state index in [-0.39, 0.29) is 43.2 Å². The third kappa shape index (κ3) is 25.0. The highest BCUT2D eigenvalue weighted by Crippen LogP contribution is 2.47. The summed E-state index contributed by atoms with van der Waals surface area (Å²) in [7, 11) is 0. The van der Waals surface area contributed by atoms with Gasteiger partial charge in [-0.3, -0.25) is 0 Å². The summed E-state index contributed by atoms with van der Waals surface area (Å²) in [6.45, 7) is 27.8. The van der Waals surface area contributed by atoms with E-state index < -0.39 is 141 Å². The first kappa shape index (κ1) is 66.5. The average molecular weight is 1100 g/mol. The molecule has 0 aromatic rings. The number of amides is 4. The Morgan fingerprint density at radius 1 is 0.385 bits per heavy atom. The van der Waals surface area contributed by atoms with Gasteiger partial charge in [0.2, 0.25) is 0 Å². The highest BCUT2D eigenvalue weighted by Gasteiger charge is 2.45. The van der Waals surface area contributed by atoms with Crippen LogP contribution in [0.4, 0.5) is 19.2 Å². The summed E-state index contributed by atoms with van der Waals surface area (Å²) in [6.07, 6.45) is 5.40. The van der Waals surface area contributed by atoms with Crippen molar-refractivity contribution >= 4 is 60.2 Å². The van der Waals surface area contributed by atoms with E-state index >= 15 is 0 Å². The molecule has 0 heterocycles. The first-order chi connectivity index (χ1) is 36.5. The fraction of sp³-hybridized carbons (Fsp3) is 0.593. The molecular formula is C54H78N4O20. The molecule has 4 amide bonds. The summed E-state index contributed by atoms with van der Waals surface area (Å²) in [5, 5.41) is 11.2. The summed E-state index contributed by atoms with van der Waals surface area (Å²) in [5.74, 6) is -4.99. The van der Waals surface area contributed by atoms with Gasteiger partial charge in [0.1, 0.15) is 76.9 Å². The van der Waals surface area contributed by atoms with Crippen molar-refractivity contribution < 1.29 is 95.3 Å². The molecule has 2 aliphatic carbocycles. The Hall–Kier alpha value is -7.66. The van der Waals surface area contributed by atoms with Crippen molar-refractivity contribution in [1.29, 1.82) is 0 Å². The van der Waals surface area contributed by atoms with Gasteiger partial charge in [0.05, 0.1) is 0 Å². The summed E-state index contributed by atoms with van der Waals surface area (Å²) < 4.78 is 52.9. The largest absolute Gasteiger partial charge is 0.462 e. The van der Waals surface area contributed by atoms with Crippen LogP contribution >= 0.6 is 0 Å². The molecule has 4 unspecified atom stereocenters. The van der Waals surface area contributed by atoms with E-state index in [1.807, 2.05) is 41.5 Å². The molecule has 2 rings (SSSR count). The Morgan fingerprint density at radius 2 is 0.628 bits per heavy atom. The molecule has 0 bridgehead atoms. The van der Waals surface area contributed by atoms with Crippen LogP contribution in [0.25, 0.3) is 0 Å². The van der Waals surface area contributed by atoms with Gasteiger partial charge in [0.25, 0.3) is 0 Å². The van der Waals surface area contributed by atoms with Gasteiger partial charge in [-0.15, -0.1) is 0 Å². The summed E-state index contributed by atoms with van der Waals surface area (Å²) in [5.41, 5.74) is -4.79. The lowest BCUT2D eigenvalue weighted by atomic mass is 9.62. The molecule has 2 aliphatic rings. The van der Waals surface area contributed by atoms with E-state index in [0.29, 0.717) is 38.5 Å². The molecule has 0 spiro atoms. The van der Waals surface area contributed by atoms with Crippen LogP contribution in [0.2, 0.25) is 0 Å². The summed E-state index contributed by atoms with van der Waals surface area (Å²) >= 11 is 0. The second-order valence-corrected chi connectivity index (χ2v) is 21.8. The molecule has 2 saturated carbocycles. The van der Waals surface area contributed by atoms with E-state index in [1.165, 1.54) is 0 Å². The second kappa shape index (κ2) is 30.9. The van der Waals surface area contributed by atoms with Crippen molar-refractivity contribution in [3.05, 3.63) is 75.9 Å². The normalized spacial score (nSPS) is 20.1. The molecule has 4 N–H and O–H groups in total. The number of carbonyl (C=O) groups excluding carboxylic acids is 10. The highest BCUT2D eigenvalue weighted by atomic mass is 16.6. The Kier molecular flexibility index (Phi) is 26.3. The van der Waals surface area contributed by atoms with Gasteiger partial charge < -0.3 is 68.6 Å². The lowest BCUT2D eigenvalue weighted by Gasteiger charge is -2.46. The van der Waals surface area contributed by atoms with Gasteiger partial charge in [-0.25, -0.2) is 47.9 Å². The van der Waals surface area contributed by atoms with Crippen LogP contribution in [-0.4, -0.2) is 151 Å². The van der Waals surface area contributed by atoms with Crippen molar-refractivity contribution in [3.63, 3.8) is 0 Å². The van der Waals surface area contributed by atoms with E-state index in [4.69, 9.17) is 47.4 Å². The van der Waals surface area contributed by atoms with Crippen molar-refractivity contribution in [3.8, 4) is 0 Å². The van der Waals surface area contributed by atoms with Gasteiger partial charge in [0.15, 0.2) is 0 Å². The predicted octanol–water partition coefficient (Wildman–Crippen LogP) is 5.41. The number of rotatable bonds is 31. The van der Waals surface area contributed by atoms with Crippen molar-refractivity contribution in [2.45, 2.75) is 92.2 Å². The minimum absolute atomic E-state index is 0.107. The van der Waals surface area contributed by atoms with Crippen LogP contribution in [-0.2, 0) is 76.1 Å². The van der Waals surface area contributed by atoms with Crippen LogP contribution < -0.4 is 21.3 Å². The van der Waals surface area contributed by atoms with Crippen molar-refractivity contribution in [1.82, 2.24) is 21.3 Å². The quantitative estimate of drug-likeness (QED) is 0.0292. The molecule has 2 fully saturated rings. The summed E-state index contributed by atoms with van der Waals surface area (Å²) in [6, 6.07) is -0.821. The maximum absolute atomic E-state index is 13.3. The topological polar surface area (TPSA) is 311 Å². The van der Waals surface area contributed by atoms with Crippen LogP contribution in [0.15, 0.2) is 75.9 Å². The standard InChI is InChI=1S/C54H78N4O20/c1-13-39(59)71-29-53(30-72-40(60)14-2,31-73-41(61)15-3)35-77-46(66)56-28-52(12)23-37(21-49(7,8)26-52)57-47(67)70-20-19-69-45(65)55-27-51(11)24-38(22-50(9,10)25-51)58-48(68)78-36-54(32-74-42(62)16-4,33-75-43(63)17-5)34-76-44(64)18-6/h13-18,37-38H,1-6,19-36H2,7-12H3,(H,55,65)(H,56,66)(H,57,67)(H,58,68). The number of hydrogen-bond acceptors (Lipinski definition) is 20. The lowest BCUT2D eigenvalue weighted by molar-refractivity contribution is -0.161. The van der Waals surface area contributed by atoms with Gasteiger partial charge >= 0.3 is 60.2 Å². The minimum atomic E-state index is -1.53. The van der Waals surface area contributed by atoms with Gasteiger partial charge in [-0.1, -0.05) is 81.0 Å². The zero-order valence-electron chi connectivity index (χ0n) is 45.8. The zero-order chi connectivity index (χ0) is 58.8. The molecule has 0 saturated heterocycles. The molecule has 78 heavy (non-hydrogen) atoms. The maximum atomic E-state index is 13.3. The molecule has 4 atom stereocenters. The summed E-state index contributed by atoms with van der Waals surface area (Å²) in [4.78, 5) is 124. The Balaban J connectivity index is 1.96. The molecule has 24 heteroatoms. The average Bonchev–Trinajstić information content (AvgIpc) is 3.38. The van der Waals surface area contributed by atoms with E-state index in [2.05, 4.69) is 60.7 Å². The van der Waals surface area contributed by atoms with Gasteiger partial charge in [0, 0.05) is 61.6 Å². The second-order valence-electron chi connectivity index (χ2n) is 21.8. The molecule has 0 aromatic heterocycles. The highest BCUT2D eigenvalue weighted by molar-refractivity contribution is 5.83. The Morgan fingerprint density at radius 3 is 0.923 bits per heavy atom. The van der Waals surface area contributed by atoms with Crippen molar-refractivity contribution in [2.24, 2.45) is 32.5 Å². The number of nitrogens with one attached hydrogen (secondary N) is 4.